The molecular formula is C13H11FN2O4S. The SMILES string of the molecule is O=C1CCc2cc(NS(=O)(=O)c3ccco3)c(F)cc2N1. The minimum absolute atomic E-state index is 0.179. The third-order valence-electron chi connectivity index (χ3n) is 3.09. The maximum atomic E-state index is 14.0. The summed E-state index contributed by atoms with van der Waals surface area (Å²) in [6.07, 6.45) is 1.92. The Kier molecular flexibility index (Phi) is 3.17. The fraction of sp³-hybridized carbons (Fsp3) is 0.154. The fourth-order valence-corrected chi connectivity index (χ4v) is 3.08. The van der Waals surface area contributed by atoms with Crippen LogP contribution in [0.3, 0.4) is 0 Å². The van der Waals surface area contributed by atoms with Gasteiger partial charge in [0.2, 0.25) is 11.0 Å². The molecule has 1 amide bonds. The van der Waals surface area contributed by atoms with Crippen molar-refractivity contribution in [3.8, 4) is 0 Å². The van der Waals surface area contributed by atoms with E-state index in [9.17, 15) is 17.6 Å². The third kappa shape index (κ3) is 2.62. The highest BCUT2D eigenvalue weighted by atomic mass is 32.2. The molecule has 110 valence electrons. The lowest BCUT2D eigenvalue weighted by atomic mass is 10.0. The number of halogens is 1. The van der Waals surface area contributed by atoms with Crippen molar-refractivity contribution in [2.24, 2.45) is 0 Å². The number of carbonyl (C=O) groups excluding carboxylic acids is 1. The molecule has 0 bridgehead atoms. The molecule has 0 aliphatic carbocycles. The van der Waals surface area contributed by atoms with E-state index in [2.05, 4.69) is 10.0 Å². The number of rotatable bonds is 3. The average molecular weight is 310 g/mol. The van der Waals surface area contributed by atoms with Gasteiger partial charge in [-0.15, -0.1) is 0 Å². The Bertz CT molecular complexity index is 800. The predicted molar refractivity (Wildman–Crippen MR) is 72.9 cm³/mol. The van der Waals surface area contributed by atoms with Crippen LogP contribution in [0.1, 0.15) is 12.0 Å². The Morgan fingerprint density at radius 2 is 2.10 bits per heavy atom. The number of anilines is 2. The van der Waals surface area contributed by atoms with Gasteiger partial charge in [0.15, 0.2) is 0 Å². The van der Waals surface area contributed by atoms with Gasteiger partial charge >= 0.3 is 0 Å². The molecule has 0 atom stereocenters. The molecule has 0 spiro atoms. The van der Waals surface area contributed by atoms with Crippen molar-refractivity contribution in [2.75, 3.05) is 10.0 Å². The molecular weight excluding hydrogens is 299 g/mol. The van der Waals surface area contributed by atoms with Crippen LogP contribution < -0.4 is 10.0 Å². The van der Waals surface area contributed by atoms with Crippen LogP contribution in [-0.2, 0) is 21.2 Å². The predicted octanol–water partition coefficient (Wildman–Crippen LogP) is 2.10. The highest BCUT2D eigenvalue weighted by Gasteiger charge is 2.22. The number of aryl methyl sites for hydroxylation is 1. The van der Waals surface area contributed by atoms with Crippen molar-refractivity contribution in [3.05, 3.63) is 41.9 Å². The summed E-state index contributed by atoms with van der Waals surface area (Å²) in [6, 6.07) is 5.17. The molecule has 1 aromatic carbocycles. The minimum Gasteiger partial charge on any atom is -0.451 e. The van der Waals surface area contributed by atoms with Crippen LogP contribution in [-0.4, -0.2) is 14.3 Å². The first-order chi connectivity index (χ1) is 9.95. The highest BCUT2D eigenvalue weighted by molar-refractivity contribution is 7.92. The number of amides is 1. The molecule has 6 nitrogen and oxygen atoms in total. The molecule has 21 heavy (non-hydrogen) atoms. The number of hydrogen-bond acceptors (Lipinski definition) is 4. The lowest BCUT2D eigenvalue weighted by Crippen LogP contribution is -2.20. The molecule has 0 radical (unpaired) electrons. The average Bonchev–Trinajstić information content (AvgIpc) is 2.94. The van der Waals surface area contributed by atoms with Crippen molar-refractivity contribution in [1.29, 1.82) is 0 Å². The number of benzene rings is 1. The standard InChI is InChI=1S/C13H11FN2O4S/c14-9-7-10-8(3-4-12(17)15-10)6-11(9)16-21(18,19)13-2-1-5-20-13/h1-2,5-7,16H,3-4H2,(H,15,17). The van der Waals surface area contributed by atoms with Crippen molar-refractivity contribution in [3.63, 3.8) is 0 Å². The van der Waals surface area contributed by atoms with Crippen LogP contribution in [0.25, 0.3) is 0 Å². The largest absolute Gasteiger partial charge is 0.451 e. The summed E-state index contributed by atoms with van der Waals surface area (Å²) in [7, 11) is -3.97. The van der Waals surface area contributed by atoms with Crippen LogP contribution in [0.5, 0.6) is 0 Å². The molecule has 0 unspecified atom stereocenters. The summed E-state index contributed by atoms with van der Waals surface area (Å²) >= 11 is 0. The van der Waals surface area contributed by atoms with Gasteiger partial charge in [-0.1, -0.05) is 0 Å². The maximum absolute atomic E-state index is 14.0. The van der Waals surface area contributed by atoms with Gasteiger partial charge in [0, 0.05) is 12.1 Å². The third-order valence-corrected chi connectivity index (χ3v) is 4.34. The van der Waals surface area contributed by atoms with E-state index in [1.807, 2.05) is 0 Å². The number of nitrogens with one attached hydrogen (secondary N) is 2. The molecule has 1 aromatic heterocycles. The lowest BCUT2D eigenvalue weighted by molar-refractivity contribution is -0.116. The van der Waals surface area contributed by atoms with Gasteiger partial charge in [-0.05, 0) is 36.2 Å². The molecule has 0 saturated heterocycles. The Balaban J connectivity index is 1.95. The molecule has 3 rings (SSSR count). The fourth-order valence-electron chi connectivity index (χ4n) is 2.09. The first-order valence-electron chi connectivity index (χ1n) is 6.14. The second kappa shape index (κ2) is 4.88. The lowest BCUT2D eigenvalue weighted by Gasteiger charge is -2.18. The van der Waals surface area contributed by atoms with Crippen molar-refractivity contribution in [1.82, 2.24) is 0 Å². The Hall–Kier alpha value is -2.35. The minimum atomic E-state index is -3.97. The summed E-state index contributed by atoms with van der Waals surface area (Å²) in [4.78, 5) is 11.2. The van der Waals surface area contributed by atoms with Gasteiger partial charge in [-0.2, -0.15) is 8.42 Å². The first kappa shape index (κ1) is 13.6. The topological polar surface area (TPSA) is 88.4 Å². The molecule has 2 N–H and O–H groups in total. The summed E-state index contributed by atoms with van der Waals surface area (Å²) in [5, 5.41) is 2.25. The van der Waals surface area contributed by atoms with Crippen LogP contribution in [0.4, 0.5) is 15.8 Å². The van der Waals surface area contributed by atoms with E-state index in [0.29, 0.717) is 17.7 Å². The smallest absolute Gasteiger partial charge is 0.295 e. The number of furan rings is 1. The molecule has 1 aliphatic rings. The zero-order valence-corrected chi connectivity index (χ0v) is 11.5. The van der Waals surface area contributed by atoms with Crippen LogP contribution >= 0.6 is 0 Å². The summed E-state index contributed by atoms with van der Waals surface area (Å²) < 4.78 is 44.9. The van der Waals surface area contributed by atoms with Crippen molar-refractivity contribution >= 4 is 27.3 Å². The van der Waals surface area contributed by atoms with Gasteiger partial charge in [0.25, 0.3) is 10.0 Å². The van der Waals surface area contributed by atoms with Crippen LogP contribution in [0.15, 0.2) is 40.0 Å². The quantitative estimate of drug-likeness (QED) is 0.908. The highest BCUT2D eigenvalue weighted by Crippen LogP contribution is 2.29. The summed E-state index contributed by atoms with van der Waals surface area (Å²) in [5.74, 6) is -0.961. The number of hydrogen-bond donors (Lipinski definition) is 2. The van der Waals surface area contributed by atoms with Gasteiger partial charge in [0.05, 0.1) is 12.0 Å². The van der Waals surface area contributed by atoms with Crippen molar-refractivity contribution in [2.45, 2.75) is 17.9 Å². The van der Waals surface area contributed by atoms with E-state index >= 15 is 0 Å². The van der Waals surface area contributed by atoms with E-state index < -0.39 is 15.8 Å². The van der Waals surface area contributed by atoms with Gasteiger partial charge in [-0.25, -0.2) is 4.39 Å². The summed E-state index contributed by atoms with van der Waals surface area (Å²) in [5.41, 5.74) is 0.860. The molecule has 2 heterocycles. The maximum Gasteiger partial charge on any atom is 0.295 e. The molecule has 0 saturated carbocycles. The molecule has 8 heteroatoms. The van der Waals surface area contributed by atoms with E-state index in [1.54, 1.807) is 0 Å². The molecule has 1 aliphatic heterocycles. The van der Waals surface area contributed by atoms with E-state index in [1.165, 1.54) is 24.5 Å². The van der Waals surface area contributed by atoms with Gasteiger partial charge < -0.3 is 9.73 Å². The normalized spacial score (nSPS) is 14.4. The first-order valence-corrected chi connectivity index (χ1v) is 7.62. The Morgan fingerprint density at radius 3 is 2.81 bits per heavy atom. The van der Waals surface area contributed by atoms with E-state index in [-0.39, 0.29) is 23.1 Å². The van der Waals surface area contributed by atoms with Crippen LogP contribution in [0.2, 0.25) is 0 Å². The second-order valence-electron chi connectivity index (χ2n) is 4.57. The summed E-state index contributed by atoms with van der Waals surface area (Å²) in [6.45, 7) is 0. The van der Waals surface area contributed by atoms with E-state index in [4.69, 9.17) is 4.42 Å². The van der Waals surface area contributed by atoms with Gasteiger partial charge in [0.1, 0.15) is 5.82 Å². The van der Waals surface area contributed by atoms with Crippen LogP contribution in [0, 0.1) is 5.82 Å². The monoisotopic (exact) mass is 310 g/mol. The number of fused-ring (bicyclic) bond motifs is 1. The van der Waals surface area contributed by atoms with Crippen molar-refractivity contribution < 1.29 is 22.0 Å². The molecule has 0 fully saturated rings. The van der Waals surface area contributed by atoms with E-state index in [0.717, 1.165) is 6.07 Å². The zero-order chi connectivity index (χ0) is 15.0. The Labute approximate surface area is 120 Å². The molecule has 2 aromatic rings. The number of sulfonamides is 1. The second-order valence-corrected chi connectivity index (χ2v) is 6.19. The number of carbonyl (C=O) groups is 1. The zero-order valence-electron chi connectivity index (χ0n) is 10.7. The van der Waals surface area contributed by atoms with Gasteiger partial charge in [-0.3, -0.25) is 9.52 Å². The Morgan fingerprint density at radius 1 is 1.29 bits per heavy atom.